The fourth-order valence-corrected chi connectivity index (χ4v) is 2.37. The molecule has 3 nitrogen and oxygen atoms in total. The van der Waals surface area contributed by atoms with Crippen LogP contribution in [0.4, 0.5) is 5.69 Å². The first-order chi connectivity index (χ1) is 9.31. The van der Waals surface area contributed by atoms with E-state index < -0.39 is 0 Å². The number of nitrogens with zero attached hydrogens (tertiary/aromatic N) is 1. The Balaban J connectivity index is 1.62. The summed E-state index contributed by atoms with van der Waals surface area (Å²) in [6.07, 6.45) is 8.69. The molecule has 0 spiro atoms. The molecular weight excluding hydrogens is 236 g/mol. The third-order valence-electron chi connectivity index (χ3n) is 3.70. The maximum atomic E-state index is 5.33. The number of aromatic nitrogens is 1. The van der Waals surface area contributed by atoms with Gasteiger partial charge in [-0.3, -0.25) is 0 Å². The molecule has 3 heteroatoms. The Kier molecular flexibility index (Phi) is 3.53. The molecule has 0 radical (unpaired) electrons. The Hall–Kier alpha value is -1.77. The van der Waals surface area contributed by atoms with Crippen molar-refractivity contribution in [3.05, 3.63) is 36.9 Å². The van der Waals surface area contributed by atoms with E-state index in [0.29, 0.717) is 6.04 Å². The van der Waals surface area contributed by atoms with Crippen LogP contribution in [-0.4, -0.2) is 11.0 Å². The Morgan fingerprint density at radius 2 is 2.32 bits per heavy atom. The van der Waals surface area contributed by atoms with Crippen molar-refractivity contribution in [2.75, 3.05) is 5.32 Å². The highest BCUT2D eigenvalue weighted by Crippen LogP contribution is 2.34. The van der Waals surface area contributed by atoms with E-state index in [2.05, 4.69) is 29.4 Å². The third-order valence-corrected chi connectivity index (χ3v) is 3.70. The number of nitrogens with one attached hydrogen (secondary N) is 1. The van der Waals surface area contributed by atoms with Crippen molar-refractivity contribution in [2.24, 2.45) is 5.92 Å². The number of rotatable bonds is 6. The van der Waals surface area contributed by atoms with Crippen molar-refractivity contribution in [2.45, 2.75) is 38.6 Å². The summed E-state index contributed by atoms with van der Waals surface area (Å²) < 4.78 is 5.33. The average Bonchev–Trinajstić information content (AvgIpc) is 3.09. The second kappa shape index (κ2) is 5.47. The van der Waals surface area contributed by atoms with Crippen molar-refractivity contribution in [1.29, 1.82) is 0 Å². The van der Waals surface area contributed by atoms with E-state index in [1.807, 2.05) is 12.1 Å². The first-order valence-corrected chi connectivity index (χ1v) is 7.07. The standard InChI is InChI=1S/C16H20N2O/c1-12(5-6-13-7-8-13)18-15-4-2-3-14(9-15)16-10-17-11-19-16/h2-4,9-13,18H,5-8H2,1H3/t12-/m0/s1. The second-order valence-electron chi connectivity index (χ2n) is 5.51. The van der Waals surface area contributed by atoms with E-state index >= 15 is 0 Å². The molecule has 1 fully saturated rings. The molecule has 1 atom stereocenters. The quantitative estimate of drug-likeness (QED) is 0.835. The van der Waals surface area contributed by atoms with Gasteiger partial charge < -0.3 is 9.73 Å². The number of anilines is 1. The zero-order chi connectivity index (χ0) is 13.1. The second-order valence-corrected chi connectivity index (χ2v) is 5.51. The zero-order valence-corrected chi connectivity index (χ0v) is 11.3. The number of hydrogen-bond donors (Lipinski definition) is 1. The van der Waals surface area contributed by atoms with Gasteiger partial charge in [-0.15, -0.1) is 0 Å². The van der Waals surface area contributed by atoms with Crippen LogP contribution in [0.5, 0.6) is 0 Å². The Labute approximate surface area is 114 Å². The van der Waals surface area contributed by atoms with Gasteiger partial charge in [0.05, 0.1) is 6.20 Å². The van der Waals surface area contributed by atoms with E-state index in [1.165, 1.54) is 32.1 Å². The van der Waals surface area contributed by atoms with Gasteiger partial charge in [-0.25, -0.2) is 4.98 Å². The smallest absolute Gasteiger partial charge is 0.181 e. The van der Waals surface area contributed by atoms with E-state index in [-0.39, 0.29) is 0 Å². The SMILES string of the molecule is C[C@@H](CCC1CC1)Nc1cccc(-c2cnco2)c1. The minimum absolute atomic E-state index is 0.519. The van der Waals surface area contributed by atoms with E-state index in [0.717, 1.165) is 22.9 Å². The highest BCUT2D eigenvalue weighted by molar-refractivity contribution is 5.63. The molecule has 1 heterocycles. The normalized spacial score (nSPS) is 16.3. The maximum Gasteiger partial charge on any atom is 0.181 e. The van der Waals surface area contributed by atoms with Gasteiger partial charge in [0.15, 0.2) is 12.2 Å². The predicted octanol–water partition coefficient (Wildman–Crippen LogP) is 4.33. The summed E-state index contributed by atoms with van der Waals surface area (Å²) in [6.45, 7) is 2.25. The van der Waals surface area contributed by atoms with Crippen molar-refractivity contribution in [3.8, 4) is 11.3 Å². The summed E-state index contributed by atoms with van der Waals surface area (Å²) in [5.74, 6) is 1.82. The minimum Gasteiger partial charge on any atom is -0.444 e. The molecule has 1 aromatic heterocycles. The third kappa shape index (κ3) is 3.37. The average molecular weight is 256 g/mol. The van der Waals surface area contributed by atoms with E-state index in [4.69, 9.17) is 4.42 Å². The highest BCUT2D eigenvalue weighted by atomic mass is 16.3. The molecular formula is C16H20N2O. The highest BCUT2D eigenvalue weighted by Gasteiger charge is 2.21. The lowest BCUT2D eigenvalue weighted by molar-refractivity contribution is 0.572. The molecule has 2 aromatic rings. The first kappa shape index (κ1) is 12.3. The van der Waals surface area contributed by atoms with Gasteiger partial charge in [0.2, 0.25) is 0 Å². The molecule has 100 valence electrons. The van der Waals surface area contributed by atoms with Crippen LogP contribution in [0.15, 0.2) is 41.3 Å². The van der Waals surface area contributed by atoms with Gasteiger partial charge in [0, 0.05) is 17.3 Å². The molecule has 1 aromatic carbocycles. The predicted molar refractivity (Wildman–Crippen MR) is 77.0 cm³/mol. The lowest BCUT2D eigenvalue weighted by Crippen LogP contribution is -2.15. The number of oxazole rings is 1. The zero-order valence-electron chi connectivity index (χ0n) is 11.3. The van der Waals surface area contributed by atoms with Crippen molar-refractivity contribution < 1.29 is 4.42 Å². The molecule has 0 unspecified atom stereocenters. The molecule has 1 N–H and O–H groups in total. The Morgan fingerprint density at radius 1 is 1.42 bits per heavy atom. The molecule has 0 amide bonds. The molecule has 1 aliphatic rings. The number of hydrogen-bond acceptors (Lipinski definition) is 3. The molecule has 0 bridgehead atoms. The van der Waals surface area contributed by atoms with Gasteiger partial charge >= 0.3 is 0 Å². The van der Waals surface area contributed by atoms with Gasteiger partial charge in [0.25, 0.3) is 0 Å². The van der Waals surface area contributed by atoms with Crippen LogP contribution < -0.4 is 5.32 Å². The van der Waals surface area contributed by atoms with Crippen LogP contribution in [0.2, 0.25) is 0 Å². The van der Waals surface area contributed by atoms with E-state index in [9.17, 15) is 0 Å². The van der Waals surface area contributed by atoms with Gasteiger partial charge in [0.1, 0.15) is 0 Å². The molecule has 19 heavy (non-hydrogen) atoms. The topological polar surface area (TPSA) is 38.1 Å². The largest absolute Gasteiger partial charge is 0.444 e. The van der Waals surface area contributed by atoms with Crippen molar-refractivity contribution in [1.82, 2.24) is 4.98 Å². The Morgan fingerprint density at radius 3 is 3.05 bits per heavy atom. The van der Waals surface area contributed by atoms with Gasteiger partial charge in [-0.1, -0.05) is 25.0 Å². The summed E-state index contributed by atoms with van der Waals surface area (Å²) in [5.41, 5.74) is 2.22. The molecule has 1 aliphatic carbocycles. The van der Waals surface area contributed by atoms with Gasteiger partial charge in [-0.05, 0) is 37.8 Å². The summed E-state index contributed by atoms with van der Waals surface area (Å²) >= 11 is 0. The van der Waals surface area contributed by atoms with Crippen LogP contribution in [0.25, 0.3) is 11.3 Å². The lowest BCUT2D eigenvalue weighted by Gasteiger charge is -2.15. The fraction of sp³-hybridized carbons (Fsp3) is 0.438. The molecule has 1 saturated carbocycles. The first-order valence-electron chi connectivity index (χ1n) is 7.07. The monoisotopic (exact) mass is 256 g/mol. The van der Waals surface area contributed by atoms with Crippen LogP contribution in [-0.2, 0) is 0 Å². The summed E-state index contributed by atoms with van der Waals surface area (Å²) in [7, 11) is 0. The van der Waals surface area contributed by atoms with Crippen molar-refractivity contribution in [3.63, 3.8) is 0 Å². The number of benzene rings is 1. The maximum absolute atomic E-state index is 5.33. The lowest BCUT2D eigenvalue weighted by atomic mass is 10.1. The van der Waals surface area contributed by atoms with Crippen LogP contribution >= 0.6 is 0 Å². The fourth-order valence-electron chi connectivity index (χ4n) is 2.37. The Bertz CT molecular complexity index is 517. The summed E-state index contributed by atoms with van der Waals surface area (Å²) in [5, 5.41) is 3.57. The van der Waals surface area contributed by atoms with Crippen molar-refractivity contribution >= 4 is 5.69 Å². The molecule has 3 rings (SSSR count). The van der Waals surface area contributed by atoms with Gasteiger partial charge in [-0.2, -0.15) is 0 Å². The van der Waals surface area contributed by atoms with Crippen LogP contribution in [0.1, 0.15) is 32.6 Å². The molecule has 0 aliphatic heterocycles. The van der Waals surface area contributed by atoms with Crippen LogP contribution in [0.3, 0.4) is 0 Å². The summed E-state index contributed by atoms with van der Waals surface area (Å²) in [4.78, 5) is 3.96. The van der Waals surface area contributed by atoms with E-state index in [1.54, 1.807) is 6.20 Å². The summed E-state index contributed by atoms with van der Waals surface area (Å²) in [6, 6.07) is 8.83. The minimum atomic E-state index is 0.519. The molecule has 0 saturated heterocycles. The van der Waals surface area contributed by atoms with Crippen LogP contribution in [0, 0.1) is 5.92 Å².